The minimum atomic E-state index is -0.510. The Morgan fingerprint density at radius 1 is 1.48 bits per heavy atom. The van der Waals surface area contributed by atoms with Crippen LogP contribution in [0.2, 0.25) is 0 Å². The van der Waals surface area contributed by atoms with Crippen molar-refractivity contribution in [2.75, 3.05) is 5.75 Å². The molecule has 1 aliphatic rings. The van der Waals surface area contributed by atoms with E-state index in [0.717, 1.165) is 12.8 Å². The molecule has 0 radical (unpaired) electrons. The largest absolute Gasteiger partial charge is 0.352 e. The normalized spacial score (nSPS) is 22.3. The van der Waals surface area contributed by atoms with Crippen molar-refractivity contribution >= 4 is 23.6 Å². The van der Waals surface area contributed by atoms with Crippen LogP contribution in [0.15, 0.2) is 24.3 Å². The Morgan fingerprint density at radius 2 is 2.22 bits per heavy atom. The number of carbonyl (C=O) groups excluding carboxylic acids is 2. The van der Waals surface area contributed by atoms with Crippen LogP contribution >= 0.6 is 11.8 Å². The fourth-order valence-electron chi connectivity index (χ4n) is 2.60. The molecule has 3 atom stereocenters. The van der Waals surface area contributed by atoms with Crippen LogP contribution in [0, 0.1) is 5.82 Å². The van der Waals surface area contributed by atoms with E-state index < -0.39 is 6.04 Å². The molecule has 0 saturated carbocycles. The van der Waals surface area contributed by atoms with Gasteiger partial charge in [0.05, 0.1) is 5.25 Å². The van der Waals surface area contributed by atoms with E-state index in [9.17, 15) is 14.0 Å². The van der Waals surface area contributed by atoms with E-state index in [1.807, 2.05) is 6.92 Å². The Hall–Kier alpha value is -1.56. The molecule has 2 amide bonds. The molecule has 2 N–H and O–H groups in total. The van der Waals surface area contributed by atoms with Gasteiger partial charge in [0.1, 0.15) is 11.9 Å². The van der Waals surface area contributed by atoms with E-state index in [0.29, 0.717) is 17.7 Å². The van der Waals surface area contributed by atoms with Crippen molar-refractivity contribution in [1.82, 2.24) is 10.6 Å². The molecule has 23 heavy (non-hydrogen) atoms. The molecule has 2 rings (SSSR count). The Labute approximate surface area is 140 Å². The minimum absolute atomic E-state index is 0.102. The summed E-state index contributed by atoms with van der Waals surface area (Å²) < 4.78 is 13.7. The highest BCUT2D eigenvalue weighted by Crippen LogP contribution is 2.23. The maximum absolute atomic E-state index is 13.7. The van der Waals surface area contributed by atoms with Crippen LogP contribution in [0.3, 0.4) is 0 Å². The van der Waals surface area contributed by atoms with Gasteiger partial charge in [-0.25, -0.2) is 4.39 Å². The number of amides is 2. The molecule has 1 aromatic rings. The molecule has 1 heterocycles. The molecule has 0 unspecified atom stereocenters. The smallest absolute Gasteiger partial charge is 0.243 e. The molecule has 1 fully saturated rings. The lowest BCUT2D eigenvalue weighted by Crippen LogP contribution is -2.55. The molecule has 1 aliphatic heterocycles. The zero-order valence-electron chi connectivity index (χ0n) is 13.5. The highest BCUT2D eigenvalue weighted by molar-refractivity contribution is 8.00. The van der Waals surface area contributed by atoms with Crippen molar-refractivity contribution < 1.29 is 14.0 Å². The lowest BCUT2D eigenvalue weighted by atomic mass is 10.1. The predicted molar refractivity (Wildman–Crippen MR) is 90.8 cm³/mol. The highest BCUT2D eigenvalue weighted by atomic mass is 32.2. The van der Waals surface area contributed by atoms with Crippen molar-refractivity contribution in [2.45, 2.75) is 50.4 Å². The average molecular weight is 338 g/mol. The third kappa shape index (κ3) is 4.96. The third-order valence-corrected chi connectivity index (χ3v) is 5.17. The first kappa shape index (κ1) is 17.8. The van der Waals surface area contributed by atoms with Gasteiger partial charge in [-0.15, -0.1) is 11.8 Å². The van der Waals surface area contributed by atoms with Gasteiger partial charge < -0.3 is 10.6 Å². The highest BCUT2D eigenvalue weighted by Gasteiger charge is 2.33. The number of benzene rings is 1. The van der Waals surface area contributed by atoms with Crippen molar-refractivity contribution in [3.63, 3.8) is 0 Å². The van der Waals surface area contributed by atoms with Gasteiger partial charge in [-0.1, -0.05) is 31.5 Å². The summed E-state index contributed by atoms with van der Waals surface area (Å²) >= 11 is 1.41. The second kappa shape index (κ2) is 8.34. The Balaban J connectivity index is 1.88. The number of halogens is 1. The van der Waals surface area contributed by atoms with Gasteiger partial charge in [-0.2, -0.15) is 0 Å². The van der Waals surface area contributed by atoms with Gasteiger partial charge in [0.25, 0.3) is 0 Å². The lowest BCUT2D eigenvalue weighted by Gasteiger charge is -2.29. The Morgan fingerprint density at radius 3 is 2.87 bits per heavy atom. The van der Waals surface area contributed by atoms with E-state index in [1.165, 1.54) is 17.8 Å². The predicted octanol–water partition coefficient (Wildman–Crippen LogP) is 2.27. The zero-order valence-corrected chi connectivity index (χ0v) is 14.3. The second-order valence-electron chi connectivity index (χ2n) is 5.88. The summed E-state index contributed by atoms with van der Waals surface area (Å²) in [7, 11) is 0. The summed E-state index contributed by atoms with van der Waals surface area (Å²) in [5.74, 6) is -0.131. The molecule has 1 saturated heterocycles. The van der Waals surface area contributed by atoms with Crippen LogP contribution in [-0.4, -0.2) is 34.9 Å². The zero-order chi connectivity index (χ0) is 16.8. The Kier molecular flexibility index (Phi) is 6.45. The van der Waals surface area contributed by atoms with E-state index in [-0.39, 0.29) is 28.9 Å². The number of hydrogen-bond donors (Lipinski definition) is 2. The first-order valence-electron chi connectivity index (χ1n) is 7.97. The summed E-state index contributed by atoms with van der Waals surface area (Å²) in [5.41, 5.74) is 0.527. The molecule has 0 aromatic heterocycles. The molecule has 126 valence electrons. The maximum atomic E-state index is 13.7. The maximum Gasteiger partial charge on any atom is 0.243 e. The van der Waals surface area contributed by atoms with Crippen LogP contribution in [0.5, 0.6) is 0 Å². The molecule has 0 aliphatic carbocycles. The van der Waals surface area contributed by atoms with Crippen molar-refractivity contribution in [2.24, 2.45) is 0 Å². The van der Waals surface area contributed by atoms with Gasteiger partial charge in [0.2, 0.25) is 11.8 Å². The van der Waals surface area contributed by atoms with E-state index in [2.05, 4.69) is 17.6 Å². The van der Waals surface area contributed by atoms with Crippen LogP contribution < -0.4 is 10.6 Å². The van der Waals surface area contributed by atoms with Gasteiger partial charge in [-0.05, 0) is 31.4 Å². The molecular formula is C17H23FN2O2S. The van der Waals surface area contributed by atoms with Crippen molar-refractivity contribution in [1.29, 1.82) is 0 Å². The summed E-state index contributed by atoms with van der Waals surface area (Å²) in [6, 6.07) is 6.06. The first-order chi connectivity index (χ1) is 11.0. The van der Waals surface area contributed by atoms with Gasteiger partial charge >= 0.3 is 0 Å². The Bertz CT molecular complexity index is 567. The minimum Gasteiger partial charge on any atom is -0.352 e. The van der Waals surface area contributed by atoms with Crippen LogP contribution in [0.25, 0.3) is 0 Å². The topological polar surface area (TPSA) is 58.2 Å². The summed E-state index contributed by atoms with van der Waals surface area (Å²) in [4.78, 5) is 24.4. The van der Waals surface area contributed by atoms with E-state index in [4.69, 9.17) is 0 Å². The van der Waals surface area contributed by atoms with Crippen molar-refractivity contribution in [3.05, 3.63) is 35.6 Å². The van der Waals surface area contributed by atoms with Gasteiger partial charge in [0.15, 0.2) is 0 Å². The quantitative estimate of drug-likeness (QED) is 0.837. The first-order valence-corrected chi connectivity index (χ1v) is 9.02. The number of rotatable bonds is 6. The molecule has 1 aromatic carbocycles. The van der Waals surface area contributed by atoms with E-state index in [1.54, 1.807) is 18.2 Å². The van der Waals surface area contributed by atoms with Crippen molar-refractivity contribution in [3.8, 4) is 0 Å². The number of hydrogen-bond acceptors (Lipinski definition) is 3. The third-order valence-electron chi connectivity index (χ3n) is 3.86. The molecular weight excluding hydrogens is 315 g/mol. The summed E-state index contributed by atoms with van der Waals surface area (Å²) in [6.07, 6.45) is 2.25. The van der Waals surface area contributed by atoms with E-state index >= 15 is 0 Å². The van der Waals surface area contributed by atoms with Crippen LogP contribution in [0.4, 0.5) is 4.39 Å². The van der Waals surface area contributed by atoms with Gasteiger partial charge in [0, 0.05) is 11.8 Å². The second-order valence-corrected chi connectivity index (χ2v) is 7.11. The van der Waals surface area contributed by atoms with Gasteiger partial charge in [-0.3, -0.25) is 9.59 Å². The number of thioether (sulfide) groups is 1. The fraction of sp³-hybridized carbons (Fsp3) is 0.529. The number of nitrogens with one attached hydrogen (secondary N) is 2. The molecule has 6 heteroatoms. The SMILES string of the molecule is CCC[C@H](C)NC(=O)[C@H]1CS[C@H](Cc2ccccc2F)C(=O)N1. The van der Waals surface area contributed by atoms with Crippen LogP contribution in [-0.2, 0) is 16.0 Å². The molecule has 0 spiro atoms. The lowest BCUT2D eigenvalue weighted by molar-refractivity contribution is -0.129. The molecule has 0 bridgehead atoms. The summed E-state index contributed by atoms with van der Waals surface area (Å²) in [6.45, 7) is 4.02. The number of carbonyl (C=O) groups is 2. The fourth-order valence-corrected chi connectivity index (χ4v) is 3.78. The molecule has 4 nitrogen and oxygen atoms in total. The summed E-state index contributed by atoms with van der Waals surface area (Å²) in [5, 5.41) is 5.32. The standard InChI is InChI=1S/C17H23FN2O2S/c1-3-6-11(2)19-16(21)14-10-23-15(17(22)20-14)9-12-7-4-5-8-13(12)18/h4-5,7-8,11,14-15H,3,6,9-10H2,1-2H3,(H,19,21)(H,20,22)/t11-,14+,15+/m0/s1. The monoisotopic (exact) mass is 338 g/mol. The van der Waals surface area contributed by atoms with Crippen LogP contribution in [0.1, 0.15) is 32.3 Å². The average Bonchev–Trinajstić information content (AvgIpc) is 2.51.